The average Bonchev–Trinajstić information content (AvgIpc) is 3.24. The van der Waals surface area contributed by atoms with Gasteiger partial charge in [-0.05, 0) is 59.8 Å². The van der Waals surface area contributed by atoms with Crippen molar-refractivity contribution in [3.8, 4) is 11.4 Å². The molecule has 3 aromatic carbocycles. The predicted molar refractivity (Wildman–Crippen MR) is 139 cm³/mol. The molecule has 0 aliphatic carbocycles. The van der Waals surface area contributed by atoms with E-state index in [2.05, 4.69) is 15.4 Å². The van der Waals surface area contributed by atoms with Crippen LogP contribution in [0.15, 0.2) is 72.9 Å². The molecule has 35 heavy (non-hydrogen) atoms. The number of benzene rings is 3. The summed E-state index contributed by atoms with van der Waals surface area (Å²) in [5, 5.41) is 10.5. The molecular weight excluding hydrogens is 463 g/mol. The van der Waals surface area contributed by atoms with Crippen molar-refractivity contribution in [3.63, 3.8) is 0 Å². The molecule has 0 bridgehead atoms. The highest BCUT2D eigenvalue weighted by molar-refractivity contribution is 6.30. The van der Waals surface area contributed by atoms with E-state index >= 15 is 4.39 Å². The minimum atomic E-state index is -0.594. The van der Waals surface area contributed by atoms with E-state index in [1.807, 2.05) is 55.5 Å². The molecule has 1 unspecified atom stereocenters. The average molecular weight is 487 g/mol. The van der Waals surface area contributed by atoms with Crippen molar-refractivity contribution in [2.45, 2.75) is 19.4 Å². The topological polar surface area (TPSA) is 81.7 Å². The van der Waals surface area contributed by atoms with Crippen LogP contribution in [0.5, 0.6) is 0 Å². The van der Waals surface area contributed by atoms with Gasteiger partial charge in [-0.3, -0.25) is 4.68 Å². The zero-order valence-electron chi connectivity index (χ0n) is 19.3. The van der Waals surface area contributed by atoms with Crippen molar-refractivity contribution in [1.82, 2.24) is 19.7 Å². The zero-order valence-corrected chi connectivity index (χ0v) is 20.1. The van der Waals surface area contributed by atoms with Crippen LogP contribution in [0.3, 0.4) is 0 Å². The lowest BCUT2D eigenvalue weighted by Gasteiger charge is -2.21. The summed E-state index contributed by atoms with van der Waals surface area (Å²) in [5.41, 5.74) is 9.12. The highest BCUT2D eigenvalue weighted by Gasteiger charge is 2.25. The standard InChI is InChI=1S/C27H24ClFN6/c1-3-16-7-10-23(29)22(13-16)24(32-20-8-9-21-17(15-20)11-12-31-25(21)30)27-33-26(34-35(27)2)18-5-4-6-19(28)14-18/h4-15,24,32H,3H2,1-2H3,(H2,30,31). The second kappa shape index (κ2) is 9.35. The van der Waals surface area contributed by atoms with Crippen LogP contribution in [-0.2, 0) is 13.5 Å². The molecule has 3 N–H and O–H groups in total. The first kappa shape index (κ1) is 22.8. The SMILES string of the molecule is CCc1ccc(F)c(C(Nc2ccc3c(N)nccc3c2)c2nc(-c3cccc(Cl)c3)nn2C)c1. The van der Waals surface area contributed by atoms with E-state index in [0.29, 0.717) is 28.1 Å². The highest BCUT2D eigenvalue weighted by Crippen LogP contribution is 2.32. The number of aromatic nitrogens is 4. The van der Waals surface area contributed by atoms with Crippen LogP contribution in [-0.4, -0.2) is 19.7 Å². The number of nitrogens with one attached hydrogen (secondary N) is 1. The third-order valence-corrected chi connectivity index (χ3v) is 6.26. The van der Waals surface area contributed by atoms with Gasteiger partial charge in [0.15, 0.2) is 11.6 Å². The smallest absolute Gasteiger partial charge is 0.181 e. The Hall–Kier alpha value is -3.97. The third-order valence-electron chi connectivity index (χ3n) is 6.02. The number of nitrogen functional groups attached to an aromatic ring is 1. The molecule has 0 spiro atoms. The number of nitrogens with zero attached hydrogens (tertiary/aromatic N) is 4. The van der Waals surface area contributed by atoms with Crippen LogP contribution >= 0.6 is 11.6 Å². The first-order valence-corrected chi connectivity index (χ1v) is 11.7. The van der Waals surface area contributed by atoms with E-state index in [1.54, 1.807) is 30.1 Å². The lowest BCUT2D eigenvalue weighted by molar-refractivity contribution is 0.590. The first-order chi connectivity index (χ1) is 16.9. The van der Waals surface area contributed by atoms with Crippen molar-refractivity contribution in [1.29, 1.82) is 0 Å². The Kier molecular flexibility index (Phi) is 6.09. The Balaban J connectivity index is 1.63. The summed E-state index contributed by atoms with van der Waals surface area (Å²) in [6.45, 7) is 2.04. The Morgan fingerprint density at radius 2 is 1.94 bits per heavy atom. The van der Waals surface area contributed by atoms with Crippen molar-refractivity contribution < 1.29 is 4.39 Å². The van der Waals surface area contributed by atoms with Crippen LogP contribution in [0.2, 0.25) is 5.02 Å². The fourth-order valence-electron chi connectivity index (χ4n) is 4.17. The van der Waals surface area contributed by atoms with E-state index in [9.17, 15) is 0 Å². The maximum atomic E-state index is 15.2. The Labute approximate surface area is 207 Å². The van der Waals surface area contributed by atoms with Gasteiger partial charge in [0.25, 0.3) is 0 Å². The molecule has 0 amide bonds. The summed E-state index contributed by atoms with van der Waals surface area (Å²) in [4.78, 5) is 8.95. The fourth-order valence-corrected chi connectivity index (χ4v) is 4.36. The number of halogens is 2. The van der Waals surface area contributed by atoms with Crippen molar-refractivity contribution in [3.05, 3.63) is 101 Å². The van der Waals surface area contributed by atoms with Crippen molar-refractivity contribution in [2.75, 3.05) is 11.1 Å². The summed E-state index contributed by atoms with van der Waals surface area (Å²) < 4.78 is 16.9. The van der Waals surface area contributed by atoms with Crippen molar-refractivity contribution in [2.24, 2.45) is 7.05 Å². The van der Waals surface area contributed by atoms with Gasteiger partial charge in [0.05, 0.1) is 0 Å². The summed E-state index contributed by atoms with van der Waals surface area (Å²) in [6.07, 6.45) is 2.46. The quantitative estimate of drug-likeness (QED) is 0.300. The number of anilines is 2. The van der Waals surface area contributed by atoms with E-state index in [0.717, 1.165) is 34.0 Å². The van der Waals surface area contributed by atoms with Crippen LogP contribution in [0, 0.1) is 5.82 Å². The maximum absolute atomic E-state index is 15.2. The van der Waals surface area contributed by atoms with Gasteiger partial charge in [-0.15, -0.1) is 0 Å². The second-order valence-corrected chi connectivity index (χ2v) is 8.78. The van der Waals surface area contributed by atoms with Gasteiger partial charge < -0.3 is 11.1 Å². The molecule has 0 saturated carbocycles. The molecule has 1 atom stereocenters. The van der Waals surface area contributed by atoms with Gasteiger partial charge in [-0.2, -0.15) is 5.10 Å². The second-order valence-electron chi connectivity index (χ2n) is 8.35. The zero-order chi connectivity index (χ0) is 24.5. The van der Waals surface area contributed by atoms with Crippen molar-refractivity contribution >= 4 is 33.9 Å². The highest BCUT2D eigenvalue weighted by atomic mass is 35.5. The monoisotopic (exact) mass is 486 g/mol. The van der Waals surface area contributed by atoms with E-state index < -0.39 is 6.04 Å². The molecule has 5 rings (SSSR count). The number of aryl methyl sites for hydroxylation is 2. The van der Waals surface area contributed by atoms with E-state index in [-0.39, 0.29) is 5.82 Å². The molecule has 0 aliphatic rings. The first-order valence-electron chi connectivity index (χ1n) is 11.3. The molecule has 0 radical (unpaired) electrons. The molecule has 176 valence electrons. The van der Waals surface area contributed by atoms with Crippen LogP contribution < -0.4 is 11.1 Å². The molecule has 2 aromatic heterocycles. The molecular formula is C27H24ClFN6. The Bertz CT molecular complexity index is 1530. The van der Waals surface area contributed by atoms with E-state index in [4.69, 9.17) is 22.3 Å². The van der Waals surface area contributed by atoms with Gasteiger partial charge in [0.1, 0.15) is 17.7 Å². The lowest BCUT2D eigenvalue weighted by Crippen LogP contribution is -2.19. The number of rotatable bonds is 6. The van der Waals surface area contributed by atoms with Gasteiger partial charge in [0, 0.05) is 40.5 Å². The summed E-state index contributed by atoms with van der Waals surface area (Å²) in [7, 11) is 1.80. The number of pyridine rings is 1. The molecule has 2 heterocycles. The van der Waals surface area contributed by atoms with Crippen LogP contribution in [0.25, 0.3) is 22.2 Å². The van der Waals surface area contributed by atoms with Crippen LogP contribution in [0.1, 0.15) is 29.9 Å². The number of hydrogen-bond acceptors (Lipinski definition) is 5. The molecule has 0 saturated heterocycles. The number of fused-ring (bicyclic) bond motifs is 1. The fraction of sp³-hybridized carbons (Fsp3) is 0.148. The summed E-state index contributed by atoms with van der Waals surface area (Å²) in [5.74, 6) is 1.23. The maximum Gasteiger partial charge on any atom is 0.181 e. The predicted octanol–water partition coefficient (Wildman–Crippen LogP) is 6.17. The normalized spacial score (nSPS) is 12.1. The molecule has 6 nitrogen and oxygen atoms in total. The molecule has 5 aromatic rings. The molecule has 0 aliphatic heterocycles. The van der Waals surface area contributed by atoms with Gasteiger partial charge in [0.2, 0.25) is 0 Å². The molecule has 0 fully saturated rings. The van der Waals surface area contributed by atoms with Crippen LogP contribution in [0.4, 0.5) is 15.9 Å². The lowest BCUT2D eigenvalue weighted by atomic mass is 10.0. The molecule has 8 heteroatoms. The minimum absolute atomic E-state index is 0.318. The minimum Gasteiger partial charge on any atom is -0.383 e. The van der Waals surface area contributed by atoms with Gasteiger partial charge in [-0.25, -0.2) is 14.4 Å². The van der Waals surface area contributed by atoms with Gasteiger partial charge in [-0.1, -0.05) is 42.8 Å². The summed E-state index contributed by atoms with van der Waals surface area (Å²) in [6, 6.07) is 19.6. The third kappa shape index (κ3) is 4.55. The Morgan fingerprint density at radius 3 is 2.74 bits per heavy atom. The number of hydrogen-bond donors (Lipinski definition) is 2. The number of nitrogens with two attached hydrogens (primary N) is 1. The van der Waals surface area contributed by atoms with E-state index in [1.165, 1.54) is 6.07 Å². The van der Waals surface area contributed by atoms with Gasteiger partial charge >= 0.3 is 0 Å². The largest absolute Gasteiger partial charge is 0.383 e. The Morgan fingerprint density at radius 1 is 1.09 bits per heavy atom. The summed E-state index contributed by atoms with van der Waals surface area (Å²) >= 11 is 6.18.